The minimum Gasteiger partial charge on any atom is -0.396 e. The second-order valence-electron chi connectivity index (χ2n) is 5.52. The van der Waals surface area contributed by atoms with E-state index in [0.717, 1.165) is 17.2 Å². The van der Waals surface area contributed by atoms with E-state index < -0.39 is 0 Å². The Hall–Kier alpha value is -1.36. The normalized spacial score (nSPS) is 13.2. The third-order valence-electron chi connectivity index (χ3n) is 3.09. The van der Waals surface area contributed by atoms with Gasteiger partial charge in [-0.25, -0.2) is 9.97 Å². The standard InChI is InChI=1S/C13H24N4O/c1-9-11(14-5)15-8-16-12(9)17-10(6-7-18)13(2,3)4/h8,10,18H,6-7H2,1-5H3,(H2,14,15,16,17). The van der Waals surface area contributed by atoms with Gasteiger partial charge in [0, 0.05) is 25.3 Å². The van der Waals surface area contributed by atoms with Crippen LogP contribution < -0.4 is 10.6 Å². The molecule has 0 aliphatic carbocycles. The van der Waals surface area contributed by atoms with Crippen molar-refractivity contribution in [2.75, 3.05) is 24.3 Å². The molecule has 0 aliphatic rings. The van der Waals surface area contributed by atoms with Gasteiger partial charge in [-0.05, 0) is 18.8 Å². The van der Waals surface area contributed by atoms with Gasteiger partial charge in [0.05, 0.1) is 0 Å². The molecular formula is C13H24N4O. The van der Waals surface area contributed by atoms with E-state index in [1.165, 1.54) is 0 Å². The number of aromatic nitrogens is 2. The minimum absolute atomic E-state index is 0.0555. The van der Waals surface area contributed by atoms with Gasteiger partial charge < -0.3 is 15.7 Å². The Morgan fingerprint density at radius 1 is 1.28 bits per heavy atom. The van der Waals surface area contributed by atoms with Crippen LogP contribution in [0.15, 0.2) is 6.33 Å². The van der Waals surface area contributed by atoms with E-state index in [1.807, 2.05) is 14.0 Å². The van der Waals surface area contributed by atoms with Gasteiger partial charge in [0.15, 0.2) is 0 Å². The molecule has 1 unspecified atom stereocenters. The molecule has 1 aromatic heterocycles. The van der Waals surface area contributed by atoms with Crippen molar-refractivity contribution in [2.24, 2.45) is 5.41 Å². The molecule has 0 amide bonds. The highest BCUT2D eigenvalue weighted by Gasteiger charge is 2.25. The largest absolute Gasteiger partial charge is 0.396 e. The summed E-state index contributed by atoms with van der Waals surface area (Å²) in [4.78, 5) is 8.44. The number of hydrogen-bond acceptors (Lipinski definition) is 5. The first kappa shape index (κ1) is 14.7. The maximum atomic E-state index is 9.16. The highest BCUT2D eigenvalue weighted by atomic mass is 16.3. The summed E-state index contributed by atoms with van der Waals surface area (Å²) in [5.74, 6) is 1.65. The van der Waals surface area contributed by atoms with Gasteiger partial charge in [-0.2, -0.15) is 0 Å². The summed E-state index contributed by atoms with van der Waals surface area (Å²) in [5.41, 5.74) is 1.05. The number of aliphatic hydroxyl groups excluding tert-OH is 1. The summed E-state index contributed by atoms with van der Waals surface area (Å²) >= 11 is 0. The molecule has 18 heavy (non-hydrogen) atoms. The lowest BCUT2D eigenvalue weighted by Gasteiger charge is -2.32. The highest BCUT2D eigenvalue weighted by Crippen LogP contribution is 2.27. The fourth-order valence-corrected chi connectivity index (χ4v) is 1.86. The molecule has 0 saturated carbocycles. The first-order valence-corrected chi connectivity index (χ1v) is 6.27. The van der Waals surface area contributed by atoms with E-state index in [1.54, 1.807) is 6.33 Å². The van der Waals surface area contributed by atoms with Crippen molar-refractivity contribution < 1.29 is 5.11 Å². The van der Waals surface area contributed by atoms with E-state index in [2.05, 4.69) is 41.4 Å². The molecule has 5 heteroatoms. The van der Waals surface area contributed by atoms with Crippen LogP contribution in [0.5, 0.6) is 0 Å². The first-order valence-electron chi connectivity index (χ1n) is 6.27. The third-order valence-corrected chi connectivity index (χ3v) is 3.09. The van der Waals surface area contributed by atoms with Crippen LogP contribution in [0.4, 0.5) is 11.6 Å². The number of hydrogen-bond donors (Lipinski definition) is 3. The maximum Gasteiger partial charge on any atom is 0.134 e. The van der Waals surface area contributed by atoms with Crippen molar-refractivity contribution in [1.82, 2.24) is 9.97 Å². The Kier molecular flexibility index (Phi) is 4.90. The monoisotopic (exact) mass is 252 g/mol. The summed E-state index contributed by atoms with van der Waals surface area (Å²) < 4.78 is 0. The molecule has 0 spiro atoms. The van der Waals surface area contributed by atoms with Crippen LogP contribution in [-0.4, -0.2) is 34.8 Å². The van der Waals surface area contributed by atoms with Crippen molar-refractivity contribution in [3.8, 4) is 0 Å². The lowest BCUT2D eigenvalue weighted by Crippen LogP contribution is -2.35. The van der Waals surface area contributed by atoms with Crippen LogP contribution in [0.25, 0.3) is 0 Å². The number of nitrogens with one attached hydrogen (secondary N) is 2. The lowest BCUT2D eigenvalue weighted by atomic mass is 9.85. The first-order chi connectivity index (χ1) is 8.40. The molecule has 102 valence electrons. The SMILES string of the molecule is CNc1ncnc(NC(CCO)C(C)(C)C)c1C. The van der Waals surface area contributed by atoms with Crippen LogP contribution >= 0.6 is 0 Å². The number of aliphatic hydroxyl groups is 1. The topological polar surface area (TPSA) is 70.1 Å². The Morgan fingerprint density at radius 3 is 2.39 bits per heavy atom. The van der Waals surface area contributed by atoms with Gasteiger partial charge >= 0.3 is 0 Å². The zero-order chi connectivity index (χ0) is 13.8. The zero-order valence-electron chi connectivity index (χ0n) is 11.9. The molecule has 0 fully saturated rings. The predicted octanol–water partition coefficient (Wildman–Crippen LogP) is 2.04. The number of anilines is 2. The van der Waals surface area contributed by atoms with Crippen LogP contribution in [0.3, 0.4) is 0 Å². The van der Waals surface area contributed by atoms with Gasteiger partial charge in [0.25, 0.3) is 0 Å². The Balaban J connectivity index is 2.94. The molecule has 1 rings (SSSR count). The van der Waals surface area contributed by atoms with E-state index in [0.29, 0.717) is 6.42 Å². The van der Waals surface area contributed by atoms with Gasteiger partial charge in [0.2, 0.25) is 0 Å². The second-order valence-corrected chi connectivity index (χ2v) is 5.52. The van der Waals surface area contributed by atoms with E-state index >= 15 is 0 Å². The summed E-state index contributed by atoms with van der Waals surface area (Å²) in [5, 5.41) is 15.6. The third kappa shape index (κ3) is 3.57. The Morgan fingerprint density at radius 2 is 1.89 bits per heavy atom. The second kappa shape index (κ2) is 6.00. The smallest absolute Gasteiger partial charge is 0.134 e. The van der Waals surface area contributed by atoms with Crippen molar-refractivity contribution in [3.05, 3.63) is 11.9 Å². The minimum atomic E-state index is 0.0555. The van der Waals surface area contributed by atoms with E-state index in [4.69, 9.17) is 5.11 Å². The number of nitrogens with zero attached hydrogens (tertiary/aromatic N) is 2. The van der Waals surface area contributed by atoms with E-state index in [-0.39, 0.29) is 18.1 Å². The molecule has 3 N–H and O–H groups in total. The summed E-state index contributed by atoms with van der Waals surface area (Å²) in [6.07, 6.45) is 2.24. The van der Waals surface area contributed by atoms with Gasteiger partial charge in [-0.1, -0.05) is 20.8 Å². The van der Waals surface area contributed by atoms with Crippen LogP contribution in [0, 0.1) is 12.3 Å². The van der Waals surface area contributed by atoms with Gasteiger partial charge in [-0.15, -0.1) is 0 Å². The van der Waals surface area contributed by atoms with Crippen molar-refractivity contribution in [3.63, 3.8) is 0 Å². The molecule has 0 bridgehead atoms. The lowest BCUT2D eigenvalue weighted by molar-refractivity contribution is 0.235. The molecule has 1 heterocycles. The quantitative estimate of drug-likeness (QED) is 0.748. The van der Waals surface area contributed by atoms with Gasteiger partial charge in [0.1, 0.15) is 18.0 Å². The number of rotatable bonds is 5. The van der Waals surface area contributed by atoms with Crippen molar-refractivity contribution >= 4 is 11.6 Å². The van der Waals surface area contributed by atoms with Crippen molar-refractivity contribution in [2.45, 2.75) is 40.2 Å². The molecule has 1 aromatic rings. The summed E-state index contributed by atoms with van der Waals surface area (Å²) in [7, 11) is 1.84. The Labute approximate surface area is 109 Å². The van der Waals surface area contributed by atoms with Crippen LogP contribution in [-0.2, 0) is 0 Å². The molecule has 5 nitrogen and oxygen atoms in total. The summed E-state index contributed by atoms with van der Waals surface area (Å²) in [6.45, 7) is 8.59. The van der Waals surface area contributed by atoms with Gasteiger partial charge in [-0.3, -0.25) is 0 Å². The molecule has 0 radical (unpaired) electrons. The zero-order valence-corrected chi connectivity index (χ0v) is 11.9. The van der Waals surface area contributed by atoms with Crippen molar-refractivity contribution in [1.29, 1.82) is 0 Å². The average Bonchev–Trinajstić information content (AvgIpc) is 2.29. The molecule has 1 atom stereocenters. The predicted molar refractivity (Wildman–Crippen MR) is 74.9 cm³/mol. The Bertz CT molecular complexity index is 387. The molecular weight excluding hydrogens is 228 g/mol. The van der Waals surface area contributed by atoms with Crippen LogP contribution in [0.1, 0.15) is 32.8 Å². The maximum absolute atomic E-state index is 9.16. The molecule has 0 aliphatic heterocycles. The highest BCUT2D eigenvalue weighted by molar-refractivity contribution is 5.56. The molecule has 0 saturated heterocycles. The fraction of sp³-hybridized carbons (Fsp3) is 0.692. The molecule has 0 aromatic carbocycles. The fourth-order valence-electron chi connectivity index (χ4n) is 1.86. The summed E-state index contributed by atoms with van der Waals surface area (Å²) in [6, 6.07) is 0.167. The van der Waals surface area contributed by atoms with Crippen LogP contribution in [0.2, 0.25) is 0 Å². The van der Waals surface area contributed by atoms with E-state index in [9.17, 15) is 0 Å². The average molecular weight is 252 g/mol.